The van der Waals surface area contributed by atoms with Gasteiger partial charge < -0.3 is 10.1 Å². The molecule has 0 saturated carbocycles. The molecular weight excluding hydrogens is 298 g/mol. The predicted molar refractivity (Wildman–Crippen MR) is 83.8 cm³/mol. The van der Waals surface area contributed by atoms with E-state index >= 15 is 0 Å². The number of nitrogens with one attached hydrogen (secondary N) is 1. The first kappa shape index (κ1) is 15.9. The zero-order valence-corrected chi connectivity index (χ0v) is 13.1. The van der Waals surface area contributed by atoms with Crippen molar-refractivity contribution >= 4 is 17.7 Å². The monoisotopic (exact) mass is 313 g/mol. The fourth-order valence-corrected chi connectivity index (χ4v) is 3.28. The summed E-state index contributed by atoms with van der Waals surface area (Å²) in [6.07, 6.45) is 0. The molecule has 1 aromatic carbocycles. The van der Waals surface area contributed by atoms with Gasteiger partial charge in [-0.15, -0.1) is 11.8 Å². The summed E-state index contributed by atoms with van der Waals surface area (Å²) in [6, 6.07) is 11.3. The summed E-state index contributed by atoms with van der Waals surface area (Å²) in [7, 11) is 1.53. The van der Waals surface area contributed by atoms with Crippen LogP contribution in [0.15, 0.2) is 34.9 Å². The van der Waals surface area contributed by atoms with E-state index in [0.29, 0.717) is 21.9 Å². The summed E-state index contributed by atoms with van der Waals surface area (Å²) >= 11 is 1.39. The minimum absolute atomic E-state index is 0.381. The van der Waals surface area contributed by atoms with Crippen molar-refractivity contribution in [1.29, 1.82) is 10.5 Å². The Morgan fingerprint density at radius 3 is 2.68 bits per heavy atom. The minimum Gasteiger partial charge on any atom is -0.496 e. The molecule has 0 spiro atoms. The number of ether oxygens (including phenoxy) is 1. The van der Waals surface area contributed by atoms with Crippen molar-refractivity contribution < 1.29 is 9.53 Å². The van der Waals surface area contributed by atoms with Gasteiger partial charge >= 0.3 is 0 Å². The molecule has 5 nitrogen and oxygen atoms in total. The van der Waals surface area contributed by atoms with Gasteiger partial charge in [0.25, 0.3) is 0 Å². The Morgan fingerprint density at radius 2 is 2.09 bits per heavy atom. The lowest BCUT2D eigenvalue weighted by Crippen LogP contribution is -2.39. The van der Waals surface area contributed by atoms with E-state index in [0.717, 1.165) is 5.75 Å². The van der Waals surface area contributed by atoms with Crippen LogP contribution < -0.4 is 10.1 Å². The van der Waals surface area contributed by atoms with Gasteiger partial charge in [-0.3, -0.25) is 4.79 Å². The zero-order valence-electron chi connectivity index (χ0n) is 12.3. The van der Waals surface area contributed by atoms with Crippen molar-refractivity contribution in [2.75, 3.05) is 12.9 Å². The van der Waals surface area contributed by atoms with Crippen molar-refractivity contribution in [2.24, 2.45) is 5.92 Å². The van der Waals surface area contributed by atoms with Crippen LogP contribution in [0.5, 0.6) is 5.75 Å². The van der Waals surface area contributed by atoms with Gasteiger partial charge in [-0.05, 0) is 11.8 Å². The van der Waals surface area contributed by atoms with Crippen LogP contribution in [0.1, 0.15) is 18.4 Å². The second-order valence-electron chi connectivity index (χ2n) is 4.60. The van der Waals surface area contributed by atoms with Crippen LogP contribution in [0, 0.1) is 28.6 Å². The van der Waals surface area contributed by atoms with Gasteiger partial charge in [-0.25, -0.2) is 0 Å². The number of nitrogens with zero attached hydrogens (tertiary/aromatic N) is 2. The molecule has 1 aliphatic rings. The molecule has 1 aromatic rings. The summed E-state index contributed by atoms with van der Waals surface area (Å²) in [5, 5.41) is 22.2. The van der Waals surface area contributed by atoms with E-state index in [4.69, 9.17) is 4.74 Å². The number of amides is 1. The van der Waals surface area contributed by atoms with Crippen LogP contribution >= 0.6 is 11.8 Å². The summed E-state index contributed by atoms with van der Waals surface area (Å²) in [5.74, 6) is -0.665. The first-order chi connectivity index (χ1) is 10.7. The van der Waals surface area contributed by atoms with Crippen molar-refractivity contribution in [3.8, 4) is 17.9 Å². The molecule has 0 unspecified atom stereocenters. The second-order valence-corrected chi connectivity index (χ2v) is 5.88. The molecule has 0 fully saturated rings. The molecule has 1 heterocycles. The highest BCUT2D eigenvalue weighted by molar-refractivity contribution is 8.03. The lowest BCUT2D eigenvalue weighted by molar-refractivity contribution is -0.123. The van der Waals surface area contributed by atoms with Gasteiger partial charge in [0, 0.05) is 5.56 Å². The quantitative estimate of drug-likeness (QED) is 0.923. The Bertz CT molecular complexity index is 700. The van der Waals surface area contributed by atoms with Crippen molar-refractivity contribution in [1.82, 2.24) is 5.32 Å². The Balaban J connectivity index is 2.66. The number of allylic oxidation sites excluding steroid dienone is 1. The molecule has 2 atom stereocenters. The van der Waals surface area contributed by atoms with Crippen LogP contribution in [0.4, 0.5) is 0 Å². The van der Waals surface area contributed by atoms with Gasteiger partial charge in [-0.2, -0.15) is 10.5 Å². The number of nitriles is 2. The third-order valence-electron chi connectivity index (χ3n) is 3.43. The van der Waals surface area contributed by atoms with Gasteiger partial charge in [-0.1, -0.05) is 25.1 Å². The molecule has 1 aliphatic heterocycles. The molecule has 0 radical (unpaired) electrons. The lowest BCUT2D eigenvalue weighted by atomic mass is 9.79. The Kier molecular flexibility index (Phi) is 5.08. The number of thioether (sulfide) groups is 1. The van der Waals surface area contributed by atoms with Crippen LogP contribution in [0.2, 0.25) is 0 Å². The Morgan fingerprint density at radius 1 is 1.36 bits per heavy atom. The molecule has 1 N–H and O–H groups in total. The molecule has 1 amide bonds. The number of hydrogen-bond acceptors (Lipinski definition) is 5. The summed E-state index contributed by atoms with van der Waals surface area (Å²) in [4.78, 5) is 12.2. The third kappa shape index (κ3) is 2.79. The second kappa shape index (κ2) is 7.02. The van der Waals surface area contributed by atoms with E-state index in [9.17, 15) is 15.3 Å². The number of para-hydroxylation sites is 1. The number of rotatable bonds is 4. The molecule has 112 valence electrons. The van der Waals surface area contributed by atoms with E-state index in [1.807, 2.05) is 19.1 Å². The fraction of sp³-hybridized carbons (Fsp3) is 0.312. The summed E-state index contributed by atoms with van der Waals surface area (Å²) in [5.41, 5.74) is 1.08. The van der Waals surface area contributed by atoms with Crippen LogP contribution in [-0.4, -0.2) is 18.8 Å². The van der Waals surface area contributed by atoms with Crippen LogP contribution in [0.3, 0.4) is 0 Å². The van der Waals surface area contributed by atoms with Crippen LogP contribution in [0.25, 0.3) is 0 Å². The molecule has 0 aromatic heterocycles. The average molecular weight is 313 g/mol. The highest BCUT2D eigenvalue weighted by atomic mass is 32.2. The predicted octanol–water partition coefficient (Wildman–Crippen LogP) is 2.54. The van der Waals surface area contributed by atoms with Crippen molar-refractivity contribution in [3.05, 3.63) is 40.4 Å². The standard InChI is InChI=1S/C16H15N3O2S/c1-3-22-16-12(9-18)14(11(8-17)15(20)19-16)10-6-4-5-7-13(10)21-2/h4-7,11,14H,3H2,1-2H3,(H,19,20)/t11-,14-/m0/s1. The number of benzene rings is 1. The molecule has 0 bridgehead atoms. The molecule has 2 rings (SSSR count). The van der Waals surface area contributed by atoms with Gasteiger partial charge in [0.15, 0.2) is 0 Å². The molecule has 22 heavy (non-hydrogen) atoms. The SMILES string of the molecule is CCSC1=C(C#N)[C@@H](c2ccccc2OC)[C@H](C#N)C(=O)N1. The van der Waals surface area contributed by atoms with E-state index in [-0.39, 0.29) is 5.91 Å². The van der Waals surface area contributed by atoms with E-state index < -0.39 is 11.8 Å². The first-order valence-corrected chi connectivity index (χ1v) is 7.76. The van der Waals surface area contributed by atoms with Crippen molar-refractivity contribution in [3.63, 3.8) is 0 Å². The molecule has 0 aliphatic carbocycles. The molecule has 6 heteroatoms. The van der Waals surface area contributed by atoms with Gasteiger partial charge in [0.05, 0.1) is 35.8 Å². The van der Waals surface area contributed by atoms with E-state index in [2.05, 4.69) is 11.4 Å². The molecular formula is C16H15N3O2S. The van der Waals surface area contributed by atoms with Gasteiger partial charge in [0.2, 0.25) is 5.91 Å². The minimum atomic E-state index is -0.952. The zero-order chi connectivity index (χ0) is 16.1. The largest absolute Gasteiger partial charge is 0.496 e. The number of carbonyl (C=O) groups excluding carboxylic acids is 1. The van der Waals surface area contributed by atoms with Crippen molar-refractivity contribution in [2.45, 2.75) is 12.8 Å². The Labute approximate surface area is 133 Å². The van der Waals surface area contributed by atoms with E-state index in [1.165, 1.54) is 18.9 Å². The topological polar surface area (TPSA) is 85.9 Å². The maximum Gasteiger partial charge on any atom is 0.243 e. The van der Waals surface area contributed by atoms with Crippen LogP contribution in [-0.2, 0) is 4.79 Å². The summed E-state index contributed by atoms with van der Waals surface area (Å²) in [6.45, 7) is 1.94. The highest BCUT2D eigenvalue weighted by Gasteiger charge is 2.40. The fourth-order valence-electron chi connectivity index (χ4n) is 2.49. The maximum atomic E-state index is 12.2. The highest BCUT2D eigenvalue weighted by Crippen LogP contribution is 2.42. The molecule has 0 saturated heterocycles. The lowest BCUT2D eigenvalue weighted by Gasteiger charge is -2.29. The summed E-state index contributed by atoms with van der Waals surface area (Å²) < 4.78 is 5.33. The number of methoxy groups -OCH3 is 1. The van der Waals surface area contributed by atoms with E-state index in [1.54, 1.807) is 18.2 Å². The number of hydrogen-bond donors (Lipinski definition) is 1. The first-order valence-electron chi connectivity index (χ1n) is 6.78. The average Bonchev–Trinajstić information content (AvgIpc) is 2.54. The normalized spacial score (nSPS) is 20.8. The number of carbonyl (C=O) groups is 1. The third-order valence-corrected chi connectivity index (χ3v) is 4.33. The maximum absolute atomic E-state index is 12.2. The smallest absolute Gasteiger partial charge is 0.243 e. The van der Waals surface area contributed by atoms with Gasteiger partial charge in [0.1, 0.15) is 11.7 Å². The Hall–Kier alpha value is -2.44.